The second-order valence-corrected chi connectivity index (χ2v) is 4.73. The summed E-state index contributed by atoms with van der Waals surface area (Å²) in [5, 5.41) is 6.94. The Labute approximate surface area is 129 Å². The van der Waals surface area contributed by atoms with Gasteiger partial charge in [-0.1, -0.05) is 6.07 Å². The van der Waals surface area contributed by atoms with E-state index in [0.717, 1.165) is 11.3 Å². The molecule has 0 saturated heterocycles. The van der Waals surface area contributed by atoms with E-state index in [-0.39, 0.29) is 5.91 Å². The number of benzene rings is 1. The van der Waals surface area contributed by atoms with Gasteiger partial charge >= 0.3 is 0 Å². The molecule has 0 radical (unpaired) electrons. The van der Waals surface area contributed by atoms with Gasteiger partial charge in [0.15, 0.2) is 11.5 Å². The zero-order valence-corrected chi connectivity index (χ0v) is 13.1. The third-order valence-electron chi connectivity index (χ3n) is 3.09. The molecule has 2 aromatic rings. The minimum atomic E-state index is -0.224. The fourth-order valence-corrected chi connectivity index (χ4v) is 2.02. The van der Waals surface area contributed by atoms with Crippen molar-refractivity contribution in [3.8, 4) is 11.5 Å². The third kappa shape index (κ3) is 3.66. The Bertz CT molecular complexity index is 705. The van der Waals surface area contributed by atoms with Gasteiger partial charge in [-0.3, -0.25) is 9.48 Å². The number of nitrogens with zero attached hydrogens (tertiary/aromatic N) is 2. The second kappa shape index (κ2) is 6.80. The lowest BCUT2D eigenvalue weighted by Crippen LogP contribution is -2.11. The first kappa shape index (κ1) is 15.6. The maximum Gasteiger partial charge on any atom is 0.249 e. The number of carbonyl (C=O) groups excluding carboxylic acids is 1. The van der Waals surface area contributed by atoms with Crippen molar-refractivity contribution in [2.75, 3.05) is 19.5 Å². The highest BCUT2D eigenvalue weighted by Gasteiger charge is 2.05. The van der Waals surface area contributed by atoms with Gasteiger partial charge < -0.3 is 14.8 Å². The number of aryl methyl sites for hydroxylation is 2. The van der Waals surface area contributed by atoms with Gasteiger partial charge in [0, 0.05) is 19.2 Å². The van der Waals surface area contributed by atoms with Crippen molar-refractivity contribution < 1.29 is 14.3 Å². The van der Waals surface area contributed by atoms with Gasteiger partial charge in [-0.2, -0.15) is 5.10 Å². The van der Waals surface area contributed by atoms with E-state index >= 15 is 0 Å². The number of nitrogens with one attached hydrogen (secondary N) is 1. The summed E-state index contributed by atoms with van der Waals surface area (Å²) in [6.07, 6.45) is 3.17. The average Bonchev–Trinajstić information content (AvgIpc) is 2.82. The van der Waals surface area contributed by atoms with Crippen molar-refractivity contribution in [1.29, 1.82) is 0 Å². The topological polar surface area (TPSA) is 65.4 Å². The molecule has 6 heteroatoms. The number of amides is 1. The van der Waals surface area contributed by atoms with Gasteiger partial charge in [0.1, 0.15) is 5.82 Å². The number of aromatic nitrogens is 2. The number of rotatable bonds is 5. The first-order valence-electron chi connectivity index (χ1n) is 6.75. The summed E-state index contributed by atoms with van der Waals surface area (Å²) in [5.74, 6) is 1.69. The normalized spacial score (nSPS) is 10.7. The smallest absolute Gasteiger partial charge is 0.249 e. The third-order valence-corrected chi connectivity index (χ3v) is 3.09. The summed E-state index contributed by atoms with van der Waals surface area (Å²) in [4.78, 5) is 11.9. The fourth-order valence-electron chi connectivity index (χ4n) is 2.02. The summed E-state index contributed by atoms with van der Waals surface area (Å²) < 4.78 is 12.0. The van der Waals surface area contributed by atoms with Crippen LogP contribution in [-0.4, -0.2) is 29.9 Å². The van der Waals surface area contributed by atoms with Gasteiger partial charge in [-0.15, -0.1) is 0 Å². The monoisotopic (exact) mass is 301 g/mol. The largest absolute Gasteiger partial charge is 0.493 e. The van der Waals surface area contributed by atoms with Crippen molar-refractivity contribution >= 4 is 17.8 Å². The highest BCUT2D eigenvalue weighted by atomic mass is 16.5. The zero-order valence-electron chi connectivity index (χ0n) is 13.1. The molecule has 6 nitrogen and oxygen atoms in total. The molecule has 1 aromatic heterocycles. The summed E-state index contributed by atoms with van der Waals surface area (Å²) in [6.45, 7) is 1.87. The van der Waals surface area contributed by atoms with Gasteiger partial charge in [0.05, 0.1) is 19.9 Å². The van der Waals surface area contributed by atoms with Gasteiger partial charge in [0.2, 0.25) is 5.91 Å². The van der Waals surface area contributed by atoms with Crippen LogP contribution < -0.4 is 14.8 Å². The molecule has 2 rings (SSSR count). The minimum Gasteiger partial charge on any atom is -0.493 e. The highest BCUT2D eigenvalue weighted by molar-refractivity contribution is 6.01. The molecule has 0 fully saturated rings. The number of carbonyl (C=O) groups is 1. The fraction of sp³-hybridized carbons (Fsp3) is 0.250. The highest BCUT2D eigenvalue weighted by Crippen LogP contribution is 2.27. The van der Waals surface area contributed by atoms with Gasteiger partial charge in [0.25, 0.3) is 0 Å². The standard InChI is InChI=1S/C16H19N3O3/c1-11-9-15(19(2)18-11)17-16(20)8-6-12-5-7-13(21-3)14(10-12)22-4/h5-10H,1-4H3,(H,17,20)/b8-6+. The molecular weight excluding hydrogens is 282 g/mol. The second-order valence-electron chi connectivity index (χ2n) is 4.73. The maximum absolute atomic E-state index is 11.9. The van der Waals surface area contributed by atoms with E-state index < -0.39 is 0 Å². The Hall–Kier alpha value is -2.76. The Morgan fingerprint density at radius 2 is 1.95 bits per heavy atom. The Morgan fingerprint density at radius 3 is 2.55 bits per heavy atom. The summed E-state index contributed by atoms with van der Waals surface area (Å²) >= 11 is 0. The van der Waals surface area contributed by atoms with Crippen LogP contribution in [-0.2, 0) is 11.8 Å². The Kier molecular flexibility index (Phi) is 4.83. The number of methoxy groups -OCH3 is 2. The molecule has 0 aliphatic rings. The Morgan fingerprint density at radius 1 is 1.23 bits per heavy atom. The molecule has 116 valence electrons. The van der Waals surface area contributed by atoms with E-state index in [2.05, 4.69) is 10.4 Å². The predicted octanol–water partition coefficient (Wildman–Crippen LogP) is 2.40. The van der Waals surface area contributed by atoms with Crippen LogP contribution in [0.5, 0.6) is 11.5 Å². The van der Waals surface area contributed by atoms with Crippen LogP contribution in [0.1, 0.15) is 11.3 Å². The lowest BCUT2D eigenvalue weighted by atomic mass is 10.2. The van der Waals surface area contributed by atoms with E-state index in [0.29, 0.717) is 17.3 Å². The van der Waals surface area contributed by atoms with Crippen molar-refractivity contribution in [2.24, 2.45) is 7.05 Å². The maximum atomic E-state index is 11.9. The van der Waals surface area contributed by atoms with Crippen molar-refractivity contribution in [1.82, 2.24) is 9.78 Å². The first-order chi connectivity index (χ1) is 10.5. The number of anilines is 1. The van der Waals surface area contributed by atoms with E-state index in [9.17, 15) is 4.79 Å². The van der Waals surface area contributed by atoms with Crippen LogP contribution in [0.2, 0.25) is 0 Å². The quantitative estimate of drug-likeness (QED) is 0.861. The van der Waals surface area contributed by atoms with E-state index in [1.165, 1.54) is 6.08 Å². The van der Waals surface area contributed by atoms with Crippen LogP contribution in [0.15, 0.2) is 30.3 Å². The molecule has 1 aromatic carbocycles. The van der Waals surface area contributed by atoms with Crippen molar-refractivity contribution in [3.63, 3.8) is 0 Å². The van der Waals surface area contributed by atoms with Crippen molar-refractivity contribution in [2.45, 2.75) is 6.92 Å². The number of ether oxygens (including phenoxy) is 2. The molecule has 0 atom stereocenters. The summed E-state index contributed by atoms with van der Waals surface area (Å²) in [6, 6.07) is 7.25. The Balaban J connectivity index is 2.08. The van der Waals surface area contributed by atoms with Gasteiger partial charge in [-0.25, -0.2) is 0 Å². The molecule has 22 heavy (non-hydrogen) atoms. The average molecular weight is 301 g/mol. The van der Waals surface area contributed by atoms with Crippen LogP contribution in [0, 0.1) is 6.92 Å². The number of hydrogen-bond acceptors (Lipinski definition) is 4. The van der Waals surface area contributed by atoms with E-state index in [1.54, 1.807) is 44.2 Å². The lowest BCUT2D eigenvalue weighted by Gasteiger charge is -2.07. The summed E-state index contributed by atoms with van der Waals surface area (Å²) in [5.41, 5.74) is 1.69. The molecule has 0 aliphatic heterocycles. The first-order valence-corrected chi connectivity index (χ1v) is 6.75. The molecule has 0 saturated carbocycles. The lowest BCUT2D eigenvalue weighted by molar-refractivity contribution is -0.111. The van der Waals surface area contributed by atoms with Crippen LogP contribution in [0.25, 0.3) is 6.08 Å². The van der Waals surface area contributed by atoms with Crippen LogP contribution in [0.3, 0.4) is 0 Å². The molecule has 1 N–H and O–H groups in total. The molecule has 1 heterocycles. The molecule has 0 spiro atoms. The number of hydrogen-bond donors (Lipinski definition) is 1. The van der Waals surface area contributed by atoms with Crippen LogP contribution >= 0.6 is 0 Å². The summed E-state index contributed by atoms with van der Waals surface area (Å²) in [7, 11) is 4.93. The SMILES string of the molecule is COc1ccc(/C=C/C(=O)Nc2cc(C)nn2C)cc1OC. The van der Waals surface area contributed by atoms with E-state index in [1.807, 2.05) is 19.1 Å². The predicted molar refractivity (Wildman–Crippen MR) is 85.2 cm³/mol. The minimum absolute atomic E-state index is 0.224. The molecule has 1 amide bonds. The zero-order chi connectivity index (χ0) is 16.1. The molecular formula is C16H19N3O3. The molecule has 0 bridgehead atoms. The molecule has 0 unspecified atom stereocenters. The van der Waals surface area contributed by atoms with E-state index in [4.69, 9.17) is 9.47 Å². The molecule has 0 aliphatic carbocycles. The van der Waals surface area contributed by atoms with Crippen molar-refractivity contribution in [3.05, 3.63) is 41.6 Å². The van der Waals surface area contributed by atoms with Gasteiger partial charge in [-0.05, 0) is 30.7 Å². The van der Waals surface area contributed by atoms with Crippen LogP contribution in [0.4, 0.5) is 5.82 Å².